The normalized spacial score (nSPS) is 12.3. The minimum Gasteiger partial charge on any atom is -0.374 e. The fraction of sp³-hybridized carbons (Fsp3) is 0.538. The fourth-order valence-corrected chi connectivity index (χ4v) is 2.47. The largest absolute Gasteiger partial charge is 0.374 e. The first-order chi connectivity index (χ1) is 8.93. The molecule has 0 aliphatic rings. The molecule has 1 heterocycles. The second kappa shape index (κ2) is 7.25. The molecule has 0 saturated heterocycles. The number of hydrogen-bond donors (Lipinski definition) is 2. The number of rotatable bonds is 5. The van der Waals surface area contributed by atoms with E-state index in [1.807, 2.05) is 19.1 Å². The lowest BCUT2D eigenvalue weighted by Gasteiger charge is -2.15. The van der Waals surface area contributed by atoms with Crippen molar-refractivity contribution < 1.29 is 14.3 Å². The predicted octanol–water partition coefficient (Wildman–Crippen LogP) is 1.38. The third-order valence-electron chi connectivity index (χ3n) is 2.44. The Morgan fingerprint density at radius 3 is 2.47 bits per heavy atom. The van der Waals surface area contributed by atoms with Crippen molar-refractivity contribution >= 4 is 23.2 Å². The summed E-state index contributed by atoms with van der Waals surface area (Å²) < 4.78 is 5.32. The lowest BCUT2D eigenvalue weighted by Crippen LogP contribution is -2.43. The Balaban J connectivity index is 2.50. The first-order valence-electron chi connectivity index (χ1n) is 6.11. The van der Waals surface area contributed by atoms with Crippen LogP contribution < -0.4 is 10.6 Å². The van der Waals surface area contributed by atoms with E-state index in [0.717, 1.165) is 4.88 Å². The van der Waals surface area contributed by atoms with Crippen LogP contribution in [0.25, 0.3) is 0 Å². The Labute approximate surface area is 117 Å². The van der Waals surface area contributed by atoms with Crippen LogP contribution in [0.1, 0.15) is 29.7 Å². The minimum atomic E-state index is -0.635. The molecular formula is C13H20N2O3S. The number of hydrogen-bond acceptors (Lipinski definition) is 4. The highest BCUT2D eigenvalue weighted by Gasteiger charge is 2.18. The van der Waals surface area contributed by atoms with Crippen LogP contribution >= 0.6 is 11.3 Å². The van der Waals surface area contributed by atoms with E-state index in [-0.39, 0.29) is 18.7 Å². The van der Waals surface area contributed by atoms with Gasteiger partial charge in [0.15, 0.2) is 0 Å². The van der Waals surface area contributed by atoms with Gasteiger partial charge in [-0.05, 0) is 32.9 Å². The van der Waals surface area contributed by atoms with Gasteiger partial charge in [-0.3, -0.25) is 9.59 Å². The van der Waals surface area contributed by atoms with Crippen molar-refractivity contribution in [3.05, 3.63) is 21.9 Å². The zero-order valence-electron chi connectivity index (χ0n) is 11.6. The predicted molar refractivity (Wildman–Crippen MR) is 75.1 cm³/mol. The van der Waals surface area contributed by atoms with Crippen LogP contribution in [0.15, 0.2) is 12.1 Å². The zero-order chi connectivity index (χ0) is 14.4. The first-order valence-corrected chi connectivity index (χ1v) is 6.93. The van der Waals surface area contributed by atoms with Gasteiger partial charge in [0.25, 0.3) is 0 Å². The van der Waals surface area contributed by atoms with E-state index in [0.29, 0.717) is 0 Å². The number of carbonyl (C=O) groups is 2. The molecule has 1 atom stereocenters. The molecule has 0 radical (unpaired) electrons. The van der Waals surface area contributed by atoms with Crippen LogP contribution in [0, 0.1) is 6.92 Å². The molecule has 106 valence electrons. The smallest absolute Gasteiger partial charge is 0.309 e. The SMILES string of the molecule is COC(CNC(=O)C(=O)NC(C)C)c1ccc(C)s1. The molecule has 0 aliphatic heterocycles. The van der Waals surface area contributed by atoms with Crippen LogP contribution in [0.2, 0.25) is 0 Å². The summed E-state index contributed by atoms with van der Waals surface area (Å²) in [5.74, 6) is -1.25. The van der Waals surface area contributed by atoms with E-state index >= 15 is 0 Å². The molecule has 1 rings (SSSR count). The van der Waals surface area contributed by atoms with Gasteiger partial charge in [0.2, 0.25) is 0 Å². The van der Waals surface area contributed by atoms with Gasteiger partial charge in [0.05, 0.1) is 0 Å². The summed E-state index contributed by atoms with van der Waals surface area (Å²) in [5, 5.41) is 5.12. The molecule has 0 aliphatic carbocycles. The van der Waals surface area contributed by atoms with Crippen molar-refractivity contribution in [3.8, 4) is 0 Å². The molecule has 0 fully saturated rings. The fourth-order valence-electron chi connectivity index (χ4n) is 1.52. The maximum Gasteiger partial charge on any atom is 0.309 e. The van der Waals surface area contributed by atoms with E-state index < -0.39 is 11.8 Å². The Bertz CT molecular complexity index is 443. The van der Waals surface area contributed by atoms with Crippen molar-refractivity contribution in [1.29, 1.82) is 0 Å². The summed E-state index contributed by atoms with van der Waals surface area (Å²) in [4.78, 5) is 25.2. The van der Waals surface area contributed by atoms with Crippen molar-refractivity contribution in [1.82, 2.24) is 10.6 Å². The third kappa shape index (κ3) is 5.00. The van der Waals surface area contributed by atoms with E-state index in [4.69, 9.17) is 4.74 Å². The number of carbonyl (C=O) groups excluding carboxylic acids is 2. The standard InChI is InChI=1S/C13H20N2O3S/c1-8(2)15-13(17)12(16)14-7-10(18-4)11-6-5-9(3)19-11/h5-6,8,10H,7H2,1-4H3,(H,14,16)(H,15,17). The van der Waals surface area contributed by atoms with E-state index in [9.17, 15) is 9.59 Å². The lowest BCUT2D eigenvalue weighted by atomic mass is 10.3. The molecule has 0 aromatic carbocycles. The topological polar surface area (TPSA) is 67.4 Å². The van der Waals surface area contributed by atoms with Gasteiger partial charge < -0.3 is 15.4 Å². The van der Waals surface area contributed by atoms with Gasteiger partial charge in [0.1, 0.15) is 6.10 Å². The third-order valence-corrected chi connectivity index (χ3v) is 3.53. The second-order valence-electron chi connectivity index (χ2n) is 4.51. The second-order valence-corrected chi connectivity index (χ2v) is 5.83. The summed E-state index contributed by atoms with van der Waals surface area (Å²) >= 11 is 1.61. The quantitative estimate of drug-likeness (QED) is 0.803. The van der Waals surface area contributed by atoms with Crippen molar-refractivity contribution in [3.63, 3.8) is 0 Å². The van der Waals surface area contributed by atoms with Crippen LogP contribution in [-0.2, 0) is 14.3 Å². The maximum absolute atomic E-state index is 11.6. The maximum atomic E-state index is 11.6. The number of amides is 2. The summed E-state index contributed by atoms with van der Waals surface area (Å²) in [6, 6.07) is 3.91. The highest BCUT2D eigenvalue weighted by Crippen LogP contribution is 2.24. The number of methoxy groups -OCH3 is 1. The zero-order valence-corrected chi connectivity index (χ0v) is 12.5. The molecular weight excluding hydrogens is 264 g/mol. The van der Waals surface area contributed by atoms with E-state index in [2.05, 4.69) is 10.6 Å². The van der Waals surface area contributed by atoms with Gasteiger partial charge in [-0.15, -0.1) is 11.3 Å². The van der Waals surface area contributed by atoms with Crippen LogP contribution in [0.5, 0.6) is 0 Å². The molecule has 1 aromatic heterocycles. The van der Waals surface area contributed by atoms with Crippen molar-refractivity contribution in [2.75, 3.05) is 13.7 Å². The van der Waals surface area contributed by atoms with Gasteiger partial charge in [-0.2, -0.15) is 0 Å². The summed E-state index contributed by atoms with van der Waals surface area (Å²) in [7, 11) is 1.58. The number of thiophene rings is 1. The molecule has 5 nitrogen and oxygen atoms in total. The minimum absolute atomic E-state index is 0.0589. The first kappa shape index (κ1) is 15.7. The van der Waals surface area contributed by atoms with Gasteiger partial charge in [0, 0.05) is 29.5 Å². The van der Waals surface area contributed by atoms with Gasteiger partial charge in [-0.1, -0.05) is 0 Å². The summed E-state index contributed by atoms with van der Waals surface area (Å²) in [6.07, 6.45) is -0.227. The Kier molecular flexibility index (Phi) is 5.98. The molecule has 6 heteroatoms. The highest BCUT2D eigenvalue weighted by atomic mass is 32.1. The molecule has 19 heavy (non-hydrogen) atoms. The molecule has 0 spiro atoms. The molecule has 0 bridgehead atoms. The van der Waals surface area contributed by atoms with Crippen molar-refractivity contribution in [2.24, 2.45) is 0 Å². The van der Waals surface area contributed by atoms with Gasteiger partial charge >= 0.3 is 11.8 Å². The number of ether oxygens (including phenoxy) is 1. The Morgan fingerprint density at radius 1 is 1.32 bits per heavy atom. The Morgan fingerprint density at radius 2 is 2.00 bits per heavy atom. The molecule has 2 N–H and O–H groups in total. The summed E-state index contributed by atoms with van der Waals surface area (Å²) in [6.45, 7) is 5.89. The summed E-state index contributed by atoms with van der Waals surface area (Å²) in [5.41, 5.74) is 0. The molecule has 1 unspecified atom stereocenters. The monoisotopic (exact) mass is 284 g/mol. The molecule has 1 aromatic rings. The van der Waals surface area contributed by atoms with Crippen LogP contribution in [0.3, 0.4) is 0 Å². The highest BCUT2D eigenvalue weighted by molar-refractivity contribution is 7.12. The van der Waals surface area contributed by atoms with Crippen LogP contribution in [-0.4, -0.2) is 31.5 Å². The van der Waals surface area contributed by atoms with E-state index in [1.165, 1.54) is 4.88 Å². The van der Waals surface area contributed by atoms with E-state index in [1.54, 1.807) is 32.3 Å². The average molecular weight is 284 g/mol. The van der Waals surface area contributed by atoms with Crippen LogP contribution in [0.4, 0.5) is 0 Å². The average Bonchev–Trinajstić information content (AvgIpc) is 2.75. The number of nitrogens with one attached hydrogen (secondary N) is 2. The lowest BCUT2D eigenvalue weighted by molar-refractivity contribution is -0.139. The van der Waals surface area contributed by atoms with Crippen molar-refractivity contribution in [2.45, 2.75) is 32.9 Å². The molecule has 2 amide bonds. The van der Waals surface area contributed by atoms with Gasteiger partial charge in [-0.25, -0.2) is 0 Å². The molecule has 0 saturated carbocycles. The number of aryl methyl sites for hydroxylation is 1. The Hall–Kier alpha value is -1.40.